The van der Waals surface area contributed by atoms with Gasteiger partial charge in [-0.2, -0.15) is 0 Å². The third-order valence-electron chi connectivity index (χ3n) is 2.44. The highest BCUT2D eigenvalue weighted by Crippen LogP contribution is 2.35. The van der Waals surface area contributed by atoms with Crippen LogP contribution in [0.2, 0.25) is 5.02 Å². The van der Waals surface area contributed by atoms with Gasteiger partial charge in [-0.05, 0) is 30.0 Å². The molecular formula is C12H15ClO3. The van der Waals surface area contributed by atoms with E-state index in [2.05, 4.69) is 0 Å². The highest BCUT2D eigenvalue weighted by molar-refractivity contribution is 6.33. The summed E-state index contributed by atoms with van der Waals surface area (Å²) < 4.78 is 5.14. The summed E-state index contributed by atoms with van der Waals surface area (Å²) in [5, 5.41) is 9.26. The van der Waals surface area contributed by atoms with Crippen LogP contribution in [0.25, 0.3) is 0 Å². The minimum atomic E-state index is -0.830. The van der Waals surface area contributed by atoms with Gasteiger partial charge in [0.05, 0.1) is 18.6 Å². The lowest BCUT2D eigenvalue weighted by Crippen LogP contribution is -2.04. The monoisotopic (exact) mass is 242 g/mol. The number of benzene rings is 1. The minimum Gasteiger partial charge on any atom is -0.495 e. The first-order chi connectivity index (χ1) is 7.45. The summed E-state index contributed by atoms with van der Waals surface area (Å²) in [6, 6.07) is 3.73. The number of carboxylic acid groups (broad SMARTS) is 1. The third-order valence-corrected chi connectivity index (χ3v) is 2.85. The summed E-state index contributed by atoms with van der Waals surface area (Å²) in [6.45, 7) is 3.77. The van der Waals surface area contributed by atoms with Crippen LogP contribution < -0.4 is 4.74 Å². The summed E-state index contributed by atoms with van der Waals surface area (Å²) in [6.07, 6.45) is 0.0618. The second-order valence-corrected chi connectivity index (χ2v) is 4.25. The van der Waals surface area contributed by atoms with Crippen molar-refractivity contribution in [3.8, 4) is 5.75 Å². The van der Waals surface area contributed by atoms with E-state index in [1.807, 2.05) is 26.0 Å². The molecule has 0 aliphatic carbocycles. The Kier molecular flexibility index (Phi) is 4.19. The van der Waals surface area contributed by atoms with E-state index in [4.69, 9.17) is 21.4 Å². The summed E-state index contributed by atoms with van der Waals surface area (Å²) in [5.41, 5.74) is 1.83. The van der Waals surface area contributed by atoms with Gasteiger partial charge in [-0.1, -0.05) is 24.6 Å². The van der Waals surface area contributed by atoms with Crippen LogP contribution in [-0.4, -0.2) is 18.2 Å². The molecule has 0 amide bonds. The Bertz CT molecular complexity index is 401. The maximum Gasteiger partial charge on any atom is 0.303 e. The molecule has 0 radical (unpaired) electrons. The molecule has 0 saturated heterocycles. The van der Waals surface area contributed by atoms with Crippen LogP contribution in [0.4, 0.5) is 0 Å². The number of ether oxygens (including phenoxy) is 1. The second-order valence-electron chi connectivity index (χ2n) is 3.87. The van der Waals surface area contributed by atoms with Crippen LogP contribution >= 0.6 is 11.6 Å². The number of aliphatic carboxylic acids is 1. The zero-order valence-corrected chi connectivity index (χ0v) is 10.3. The van der Waals surface area contributed by atoms with Gasteiger partial charge in [0.1, 0.15) is 5.75 Å². The molecule has 0 bridgehead atoms. The molecule has 4 heteroatoms. The van der Waals surface area contributed by atoms with Crippen LogP contribution in [0.15, 0.2) is 12.1 Å². The fourth-order valence-electron chi connectivity index (χ4n) is 1.64. The molecule has 0 saturated carbocycles. The Morgan fingerprint density at radius 1 is 1.56 bits per heavy atom. The second kappa shape index (κ2) is 5.21. The third kappa shape index (κ3) is 2.89. The number of methoxy groups -OCH3 is 1. The fraction of sp³-hybridized carbons (Fsp3) is 0.417. The minimum absolute atomic E-state index is 0.0618. The fourth-order valence-corrected chi connectivity index (χ4v) is 2.01. The van der Waals surface area contributed by atoms with Crippen molar-refractivity contribution in [1.82, 2.24) is 0 Å². The average molecular weight is 243 g/mol. The van der Waals surface area contributed by atoms with E-state index < -0.39 is 5.97 Å². The zero-order chi connectivity index (χ0) is 12.3. The molecule has 1 unspecified atom stereocenters. The van der Waals surface area contributed by atoms with Gasteiger partial charge in [0.25, 0.3) is 0 Å². The number of aryl methyl sites for hydroxylation is 1. The van der Waals surface area contributed by atoms with Crippen molar-refractivity contribution in [2.75, 3.05) is 7.11 Å². The Balaban J connectivity index is 3.12. The summed E-state index contributed by atoms with van der Waals surface area (Å²) in [7, 11) is 1.55. The van der Waals surface area contributed by atoms with E-state index in [-0.39, 0.29) is 12.3 Å². The van der Waals surface area contributed by atoms with Crippen molar-refractivity contribution in [3.63, 3.8) is 0 Å². The van der Waals surface area contributed by atoms with Crippen LogP contribution in [0, 0.1) is 6.92 Å². The molecular weight excluding hydrogens is 228 g/mol. The van der Waals surface area contributed by atoms with E-state index in [0.717, 1.165) is 11.1 Å². The molecule has 0 aliphatic rings. The van der Waals surface area contributed by atoms with Crippen molar-refractivity contribution in [2.24, 2.45) is 0 Å². The molecule has 0 spiro atoms. The van der Waals surface area contributed by atoms with Crippen molar-refractivity contribution in [3.05, 3.63) is 28.3 Å². The van der Waals surface area contributed by atoms with Gasteiger partial charge in [-0.3, -0.25) is 4.79 Å². The van der Waals surface area contributed by atoms with Crippen LogP contribution in [0.5, 0.6) is 5.75 Å². The molecule has 88 valence electrons. The zero-order valence-electron chi connectivity index (χ0n) is 9.58. The lowest BCUT2D eigenvalue weighted by atomic mass is 9.96. The lowest BCUT2D eigenvalue weighted by molar-refractivity contribution is -0.137. The van der Waals surface area contributed by atoms with Crippen molar-refractivity contribution in [2.45, 2.75) is 26.2 Å². The summed E-state index contributed by atoms with van der Waals surface area (Å²) in [5.74, 6) is -0.364. The number of halogens is 1. The van der Waals surface area contributed by atoms with Crippen molar-refractivity contribution in [1.29, 1.82) is 0 Å². The first-order valence-corrected chi connectivity index (χ1v) is 5.39. The molecule has 0 fully saturated rings. The first-order valence-electron chi connectivity index (χ1n) is 5.01. The molecule has 16 heavy (non-hydrogen) atoms. The van der Waals surface area contributed by atoms with E-state index >= 15 is 0 Å². The standard InChI is InChI=1S/C12H15ClO3/c1-7-4-9(8(2)6-11(14)15)12(13)10(5-7)16-3/h4-5,8H,6H2,1-3H3,(H,14,15). The molecule has 1 aromatic rings. The number of hydrogen-bond acceptors (Lipinski definition) is 2. The predicted molar refractivity (Wildman–Crippen MR) is 63.4 cm³/mol. The largest absolute Gasteiger partial charge is 0.495 e. The quantitative estimate of drug-likeness (QED) is 0.882. The Morgan fingerprint density at radius 2 is 2.19 bits per heavy atom. The Hall–Kier alpha value is -1.22. The molecule has 1 N–H and O–H groups in total. The van der Waals surface area contributed by atoms with Gasteiger partial charge < -0.3 is 9.84 Å². The normalized spacial score (nSPS) is 12.2. The van der Waals surface area contributed by atoms with Gasteiger partial charge in [0.2, 0.25) is 0 Å². The summed E-state index contributed by atoms with van der Waals surface area (Å²) >= 11 is 6.14. The van der Waals surface area contributed by atoms with Crippen LogP contribution in [-0.2, 0) is 4.79 Å². The van der Waals surface area contributed by atoms with Crippen LogP contribution in [0.3, 0.4) is 0 Å². The molecule has 0 aliphatic heterocycles. The molecule has 0 aromatic heterocycles. The number of rotatable bonds is 4. The van der Waals surface area contributed by atoms with Crippen LogP contribution in [0.1, 0.15) is 30.4 Å². The van der Waals surface area contributed by atoms with Gasteiger partial charge in [-0.25, -0.2) is 0 Å². The molecule has 0 heterocycles. The predicted octanol–water partition coefficient (Wildman–Crippen LogP) is 3.24. The van der Waals surface area contributed by atoms with Crippen molar-refractivity contribution >= 4 is 17.6 Å². The molecule has 1 rings (SSSR count). The van der Waals surface area contributed by atoms with Gasteiger partial charge >= 0.3 is 5.97 Å². The van der Waals surface area contributed by atoms with E-state index in [1.165, 1.54) is 0 Å². The van der Waals surface area contributed by atoms with E-state index in [0.29, 0.717) is 10.8 Å². The number of carbonyl (C=O) groups is 1. The SMILES string of the molecule is COc1cc(C)cc(C(C)CC(=O)O)c1Cl. The van der Waals surface area contributed by atoms with Gasteiger partial charge in [0, 0.05) is 0 Å². The Labute approximate surface area is 100.0 Å². The number of carboxylic acids is 1. The summed E-state index contributed by atoms with van der Waals surface area (Å²) in [4.78, 5) is 10.7. The maximum atomic E-state index is 10.7. The van der Waals surface area contributed by atoms with E-state index in [9.17, 15) is 4.79 Å². The number of hydrogen-bond donors (Lipinski definition) is 1. The maximum absolute atomic E-state index is 10.7. The Morgan fingerprint density at radius 3 is 2.69 bits per heavy atom. The van der Waals surface area contributed by atoms with Gasteiger partial charge in [0.15, 0.2) is 0 Å². The highest BCUT2D eigenvalue weighted by Gasteiger charge is 2.16. The van der Waals surface area contributed by atoms with Gasteiger partial charge in [-0.15, -0.1) is 0 Å². The smallest absolute Gasteiger partial charge is 0.303 e. The average Bonchev–Trinajstić information content (AvgIpc) is 2.19. The first kappa shape index (κ1) is 12.8. The highest BCUT2D eigenvalue weighted by atomic mass is 35.5. The van der Waals surface area contributed by atoms with Crippen molar-refractivity contribution < 1.29 is 14.6 Å². The lowest BCUT2D eigenvalue weighted by Gasteiger charge is -2.15. The van der Waals surface area contributed by atoms with E-state index in [1.54, 1.807) is 7.11 Å². The molecule has 3 nitrogen and oxygen atoms in total. The topological polar surface area (TPSA) is 46.5 Å². The molecule has 1 aromatic carbocycles. The molecule has 1 atom stereocenters.